The van der Waals surface area contributed by atoms with Crippen molar-refractivity contribution in [1.82, 2.24) is 0 Å². The average Bonchev–Trinajstić information content (AvgIpc) is 2.79. The number of benzene rings is 1. The molecule has 0 aliphatic heterocycles. The van der Waals surface area contributed by atoms with E-state index >= 15 is 0 Å². The van der Waals surface area contributed by atoms with E-state index in [-0.39, 0.29) is 20.5 Å². The van der Waals surface area contributed by atoms with E-state index in [1.54, 1.807) is 17.5 Å². The van der Waals surface area contributed by atoms with Crippen molar-refractivity contribution in [1.29, 1.82) is 5.26 Å². The largest absolute Gasteiger partial charge is 0.291 e. The summed E-state index contributed by atoms with van der Waals surface area (Å²) >= 11 is 12.8. The molecule has 2 nitrogen and oxygen atoms in total. The first-order valence-electron chi connectivity index (χ1n) is 5.17. The maximum absolute atomic E-state index is 13.8. The normalized spacial score (nSPS) is 11.9. The van der Waals surface area contributed by atoms with Crippen LogP contribution in [0.25, 0.3) is 0 Å². The quantitative estimate of drug-likeness (QED) is 0.772. The lowest BCUT2D eigenvalue weighted by Gasteiger charge is -2.10. The summed E-state index contributed by atoms with van der Waals surface area (Å²) in [6, 6.07) is 7.36. The fraction of sp³-hybridized carbons (Fsp3) is 0.0769. The van der Waals surface area contributed by atoms with Crippen LogP contribution in [0, 0.1) is 17.1 Å². The van der Waals surface area contributed by atoms with Gasteiger partial charge in [0.05, 0.1) is 16.0 Å². The Hall–Kier alpha value is -1.41. The third-order valence-corrected chi connectivity index (χ3v) is 4.21. The second kappa shape index (κ2) is 5.70. The molecule has 1 atom stereocenters. The minimum Gasteiger partial charge on any atom is -0.291 e. The Morgan fingerprint density at radius 2 is 2.05 bits per heavy atom. The smallest absolute Gasteiger partial charge is 0.196 e. The number of thiophene rings is 1. The number of hydrogen-bond donors (Lipinski definition) is 0. The van der Waals surface area contributed by atoms with Gasteiger partial charge in [0.15, 0.2) is 5.78 Å². The van der Waals surface area contributed by atoms with E-state index in [0.717, 1.165) is 17.4 Å². The summed E-state index contributed by atoms with van der Waals surface area (Å²) < 4.78 is 13.8. The van der Waals surface area contributed by atoms with Gasteiger partial charge in [0, 0.05) is 10.6 Å². The molecule has 0 saturated carbocycles. The molecule has 0 aliphatic rings. The van der Waals surface area contributed by atoms with E-state index in [1.165, 1.54) is 12.1 Å². The summed E-state index contributed by atoms with van der Waals surface area (Å²) in [4.78, 5) is 12.5. The first-order chi connectivity index (χ1) is 9.06. The number of rotatable bonds is 3. The van der Waals surface area contributed by atoms with Crippen LogP contribution in [0.5, 0.6) is 0 Å². The summed E-state index contributed by atoms with van der Waals surface area (Å²) in [7, 11) is 0. The molecule has 0 fully saturated rings. The van der Waals surface area contributed by atoms with Crippen molar-refractivity contribution in [2.75, 3.05) is 0 Å². The van der Waals surface area contributed by atoms with Crippen molar-refractivity contribution in [3.05, 3.63) is 55.9 Å². The first kappa shape index (κ1) is 14.0. The van der Waals surface area contributed by atoms with Crippen LogP contribution in [0.2, 0.25) is 10.0 Å². The minimum absolute atomic E-state index is 0.0487. The topological polar surface area (TPSA) is 40.9 Å². The zero-order valence-corrected chi connectivity index (χ0v) is 11.7. The van der Waals surface area contributed by atoms with Gasteiger partial charge in [0.2, 0.25) is 0 Å². The fourth-order valence-electron chi connectivity index (χ4n) is 1.64. The van der Waals surface area contributed by atoms with Gasteiger partial charge in [-0.3, -0.25) is 4.79 Å². The Morgan fingerprint density at radius 1 is 1.32 bits per heavy atom. The molecule has 1 aromatic carbocycles. The Kier molecular flexibility index (Phi) is 4.20. The molecule has 0 saturated heterocycles. The highest BCUT2D eigenvalue weighted by molar-refractivity contribution is 7.12. The molecular weight excluding hydrogens is 308 g/mol. The number of nitrogens with zero attached hydrogens (tertiary/aromatic N) is 1. The van der Waals surface area contributed by atoms with Gasteiger partial charge in [0.1, 0.15) is 11.7 Å². The number of Topliss-reactive ketones (excluding diaryl/α,β-unsaturated/α-hetero) is 1. The van der Waals surface area contributed by atoms with E-state index in [2.05, 4.69) is 0 Å². The van der Waals surface area contributed by atoms with Gasteiger partial charge in [-0.15, -0.1) is 11.3 Å². The number of carbonyl (C=O) groups is 1. The van der Waals surface area contributed by atoms with Gasteiger partial charge in [-0.1, -0.05) is 29.3 Å². The number of halogens is 3. The molecule has 2 aromatic rings. The monoisotopic (exact) mass is 313 g/mol. The average molecular weight is 314 g/mol. The predicted molar refractivity (Wildman–Crippen MR) is 73.4 cm³/mol. The number of carbonyl (C=O) groups excluding carboxylic acids is 1. The predicted octanol–water partition coefficient (Wildman–Crippen LogP) is 4.68. The summed E-state index contributed by atoms with van der Waals surface area (Å²) in [5.74, 6) is -2.53. The zero-order chi connectivity index (χ0) is 14.0. The highest BCUT2D eigenvalue weighted by atomic mass is 35.5. The lowest BCUT2D eigenvalue weighted by atomic mass is 9.94. The lowest BCUT2D eigenvalue weighted by molar-refractivity contribution is 0.0981. The van der Waals surface area contributed by atoms with Gasteiger partial charge >= 0.3 is 0 Å². The summed E-state index contributed by atoms with van der Waals surface area (Å²) in [6.07, 6.45) is 0. The van der Waals surface area contributed by atoms with Crippen molar-refractivity contribution < 1.29 is 9.18 Å². The molecule has 0 radical (unpaired) electrons. The van der Waals surface area contributed by atoms with Crippen molar-refractivity contribution in [3.63, 3.8) is 0 Å². The Labute approximate surface area is 123 Å². The van der Waals surface area contributed by atoms with Gasteiger partial charge in [-0.05, 0) is 23.6 Å². The van der Waals surface area contributed by atoms with E-state index in [9.17, 15) is 9.18 Å². The number of nitriles is 1. The van der Waals surface area contributed by atoms with Crippen LogP contribution in [-0.4, -0.2) is 5.78 Å². The first-order valence-corrected chi connectivity index (χ1v) is 6.80. The third-order valence-electron chi connectivity index (χ3n) is 2.52. The molecule has 2 rings (SSSR count). The molecule has 1 aromatic heterocycles. The molecular formula is C13H6Cl2FNOS. The van der Waals surface area contributed by atoms with Crippen LogP contribution in [-0.2, 0) is 0 Å². The van der Waals surface area contributed by atoms with Crippen molar-refractivity contribution in [2.45, 2.75) is 5.92 Å². The molecule has 0 N–H and O–H groups in total. The maximum Gasteiger partial charge on any atom is 0.196 e. The Balaban J connectivity index is 2.50. The van der Waals surface area contributed by atoms with Crippen LogP contribution in [0.4, 0.5) is 4.39 Å². The van der Waals surface area contributed by atoms with Crippen LogP contribution < -0.4 is 0 Å². The maximum atomic E-state index is 13.8. The molecule has 0 aliphatic carbocycles. The zero-order valence-electron chi connectivity index (χ0n) is 9.36. The van der Waals surface area contributed by atoms with Gasteiger partial charge < -0.3 is 0 Å². The summed E-state index contributed by atoms with van der Waals surface area (Å²) in [6.45, 7) is 0. The Bertz CT molecular complexity index is 657. The molecule has 19 heavy (non-hydrogen) atoms. The number of hydrogen-bond acceptors (Lipinski definition) is 3. The Morgan fingerprint density at radius 3 is 2.58 bits per heavy atom. The number of ketones is 1. The third kappa shape index (κ3) is 2.64. The molecule has 0 spiro atoms. The minimum atomic E-state index is -1.30. The van der Waals surface area contributed by atoms with E-state index in [0.29, 0.717) is 0 Å². The van der Waals surface area contributed by atoms with Crippen LogP contribution in [0.3, 0.4) is 0 Å². The van der Waals surface area contributed by atoms with Gasteiger partial charge in [0.25, 0.3) is 0 Å². The highest BCUT2D eigenvalue weighted by Crippen LogP contribution is 2.33. The summed E-state index contributed by atoms with van der Waals surface area (Å²) in [5.41, 5.74) is -0.110. The lowest BCUT2D eigenvalue weighted by Crippen LogP contribution is -2.12. The van der Waals surface area contributed by atoms with Crippen molar-refractivity contribution in [3.8, 4) is 6.07 Å². The molecule has 6 heteroatoms. The van der Waals surface area contributed by atoms with E-state index in [4.69, 9.17) is 28.5 Å². The molecule has 1 unspecified atom stereocenters. The molecule has 0 bridgehead atoms. The van der Waals surface area contributed by atoms with Crippen LogP contribution in [0.1, 0.15) is 21.2 Å². The second-order valence-corrected chi connectivity index (χ2v) is 5.39. The van der Waals surface area contributed by atoms with Crippen LogP contribution in [0.15, 0.2) is 29.6 Å². The highest BCUT2D eigenvalue weighted by Gasteiger charge is 2.29. The fourth-order valence-corrected chi connectivity index (χ4v) is 3.03. The van der Waals surface area contributed by atoms with Crippen LogP contribution >= 0.6 is 34.5 Å². The summed E-state index contributed by atoms with van der Waals surface area (Å²) in [5, 5.41) is 11.1. The van der Waals surface area contributed by atoms with E-state index < -0.39 is 17.5 Å². The second-order valence-electron chi connectivity index (χ2n) is 3.66. The SMILES string of the molecule is N#CC(C(=O)c1sccc1Cl)c1c(F)cccc1Cl. The van der Waals surface area contributed by atoms with Crippen molar-refractivity contribution in [2.24, 2.45) is 0 Å². The van der Waals surface area contributed by atoms with Gasteiger partial charge in [-0.2, -0.15) is 5.26 Å². The molecule has 96 valence electrons. The molecule has 1 heterocycles. The van der Waals surface area contributed by atoms with Gasteiger partial charge in [-0.25, -0.2) is 4.39 Å². The molecule has 0 amide bonds. The van der Waals surface area contributed by atoms with Crippen molar-refractivity contribution >= 4 is 40.3 Å². The standard InChI is InChI=1S/C13H6Cl2FNOS/c14-8-2-1-3-10(16)11(8)7(6-17)12(18)13-9(15)4-5-19-13/h1-5,7H. The van der Waals surface area contributed by atoms with E-state index in [1.807, 2.05) is 0 Å².